The Morgan fingerprint density at radius 3 is 2.89 bits per heavy atom. The van der Waals surface area contributed by atoms with E-state index in [4.69, 9.17) is 10.00 Å². The van der Waals surface area contributed by atoms with Crippen LogP contribution >= 0.6 is 15.9 Å². The van der Waals surface area contributed by atoms with Crippen LogP contribution < -0.4 is 4.74 Å². The van der Waals surface area contributed by atoms with Crippen LogP contribution in [-0.4, -0.2) is 4.98 Å². The molecule has 2 aromatic rings. The van der Waals surface area contributed by atoms with E-state index >= 15 is 0 Å². The second kappa shape index (κ2) is 5.61. The molecule has 0 saturated heterocycles. The van der Waals surface area contributed by atoms with Gasteiger partial charge in [-0.2, -0.15) is 5.26 Å². The van der Waals surface area contributed by atoms with Gasteiger partial charge in [0.25, 0.3) is 0 Å². The Bertz CT molecular complexity index is 610. The molecule has 1 aromatic carbocycles. The lowest BCUT2D eigenvalue weighted by molar-refractivity contribution is 0.303. The summed E-state index contributed by atoms with van der Waals surface area (Å²) in [5, 5.41) is 8.72. The molecular weight excluding hydrogens is 299 g/mol. The SMILES string of the molecule is N#Cc1cc(COc2ccc(F)cc2Br)ccn1. The lowest BCUT2D eigenvalue weighted by atomic mass is 10.2. The monoisotopic (exact) mass is 306 g/mol. The molecule has 0 bridgehead atoms. The van der Waals surface area contributed by atoms with Crippen molar-refractivity contribution < 1.29 is 9.13 Å². The molecule has 2 rings (SSSR count). The topological polar surface area (TPSA) is 45.9 Å². The van der Waals surface area contributed by atoms with Gasteiger partial charge in [-0.3, -0.25) is 0 Å². The number of aromatic nitrogens is 1. The van der Waals surface area contributed by atoms with Crippen LogP contribution in [0.25, 0.3) is 0 Å². The first-order chi connectivity index (χ1) is 8.69. The smallest absolute Gasteiger partial charge is 0.140 e. The molecule has 1 heterocycles. The van der Waals surface area contributed by atoms with Crippen molar-refractivity contribution in [1.82, 2.24) is 4.98 Å². The van der Waals surface area contributed by atoms with E-state index in [1.54, 1.807) is 24.4 Å². The number of hydrogen-bond donors (Lipinski definition) is 0. The Kier molecular flexibility index (Phi) is 3.90. The van der Waals surface area contributed by atoms with Gasteiger partial charge in [-0.1, -0.05) is 0 Å². The third kappa shape index (κ3) is 3.05. The van der Waals surface area contributed by atoms with Gasteiger partial charge >= 0.3 is 0 Å². The van der Waals surface area contributed by atoms with Gasteiger partial charge in [0.05, 0.1) is 4.47 Å². The molecule has 0 radical (unpaired) electrons. The Labute approximate surface area is 112 Å². The predicted molar refractivity (Wildman–Crippen MR) is 67.4 cm³/mol. The summed E-state index contributed by atoms with van der Waals surface area (Å²) in [4.78, 5) is 3.87. The molecule has 0 aliphatic heterocycles. The molecule has 0 N–H and O–H groups in total. The van der Waals surface area contributed by atoms with Crippen LogP contribution in [0, 0.1) is 17.1 Å². The summed E-state index contributed by atoms with van der Waals surface area (Å²) in [6, 6.07) is 9.58. The van der Waals surface area contributed by atoms with E-state index in [1.807, 2.05) is 6.07 Å². The molecule has 0 atom stereocenters. The van der Waals surface area contributed by atoms with E-state index in [1.165, 1.54) is 12.1 Å². The van der Waals surface area contributed by atoms with Crippen LogP contribution in [-0.2, 0) is 6.61 Å². The van der Waals surface area contributed by atoms with E-state index in [2.05, 4.69) is 20.9 Å². The first-order valence-corrected chi connectivity index (χ1v) is 5.91. The van der Waals surface area contributed by atoms with Crippen molar-refractivity contribution in [3.05, 3.63) is 58.1 Å². The fraction of sp³-hybridized carbons (Fsp3) is 0.0769. The molecule has 0 saturated carbocycles. The zero-order chi connectivity index (χ0) is 13.0. The maximum atomic E-state index is 12.9. The van der Waals surface area contributed by atoms with Gasteiger partial charge in [0.2, 0.25) is 0 Å². The third-order valence-corrected chi connectivity index (χ3v) is 2.85. The van der Waals surface area contributed by atoms with Crippen molar-refractivity contribution in [2.24, 2.45) is 0 Å². The first-order valence-electron chi connectivity index (χ1n) is 5.12. The average Bonchev–Trinajstić information content (AvgIpc) is 2.38. The second-order valence-corrected chi connectivity index (χ2v) is 4.38. The largest absolute Gasteiger partial charge is 0.488 e. The molecule has 5 heteroatoms. The highest BCUT2D eigenvalue weighted by atomic mass is 79.9. The number of pyridine rings is 1. The van der Waals surface area contributed by atoms with Crippen LogP contribution in [0.2, 0.25) is 0 Å². The number of halogens is 2. The Morgan fingerprint density at radius 2 is 2.17 bits per heavy atom. The molecule has 3 nitrogen and oxygen atoms in total. The van der Waals surface area contributed by atoms with Crippen molar-refractivity contribution in [1.29, 1.82) is 5.26 Å². The van der Waals surface area contributed by atoms with E-state index < -0.39 is 0 Å². The second-order valence-electron chi connectivity index (χ2n) is 3.52. The molecule has 0 amide bonds. The summed E-state index contributed by atoms with van der Waals surface area (Å²) < 4.78 is 19.0. The summed E-state index contributed by atoms with van der Waals surface area (Å²) in [6.45, 7) is 0.293. The number of nitrogens with zero attached hydrogens (tertiary/aromatic N) is 2. The molecule has 90 valence electrons. The molecule has 0 aliphatic carbocycles. The summed E-state index contributed by atoms with van der Waals surface area (Å²) in [6.07, 6.45) is 1.55. The van der Waals surface area contributed by atoms with Crippen molar-refractivity contribution in [2.75, 3.05) is 0 Å². The normalized spacial score (nSPS) is 9.83. The number of ether oxygens (including phenoxy) is 1. The first kappa shape index (κ1) is 12.5. The maximum Gasteiger partial charge on any atom is 0.140 e. The fourth-order valence-corrected chi connectivity index (χ4v) is 1.84. The average molecular weight is 307 g/mol. The summed E-state index contributed by atoms with van der Waals surface area (Å²) in [5.74, 6) is 0.219. The van der Waals surface area contributed by atoms with Crippen LogP contribution in [0.4, 0.5) is 4.39 Å². The van der Waals surface area contributed by atoms with Crippen molar-refractivity contribution in [3.8, 4) is 11.8 Å². The van der Waals surface area contributed by atoms with E-state index in [9.17, 15) is 4.39 Å². The molecular formula is C13H8BrFN2O. The minimum Gasteiger partial charge on any atom is -0.488 e. The lowest BCUT2D eigenvalue weighted by Crippen LogP contribution is -1.97. The van der Waals surface area contributed by atoms with Crippen molar-refractivity contribution >= 4 is 15.9 Å². The van der Waals surface area contributed by atoms with E-state index in [0.717, 1.165) is 5.56 Å². The number of rotatable bonds is 3. The van der Waals surface area contributed by atoms with Crippen LogP contribution in [0.3, 0.4) is 0 Å². The van der Waals surface area contributed by atoms with Gasteiger partial charge in [-0.05, 0) is 51.8 Å². The molecule has 0 spiro atoms. The van der Waals surface area contributed by atoms with Crippen LogP contribution in [0.5, 0.6) is 5.75 Å². The Morgan fingerprint density at radius 1 is 1.33 bits per heavy atom. The predicted octanol–water partition coefficient (Wildman–Crippen LogP) is 3.43. The highest BCUT2D eigenvalue weighted by Gasteiger charge is 2.03. The minimum absolute atomic E-state index is 0.293. The summed E-state index contributed by atoms with van der Waals surface area (Å²) in [5.41, 5.74) is 1.17. The van der Waals surface area contributed by atoms with Crippen LogP contribution in [0.15, 0.2) is 41.0 Å². The van der Waals surface area contributed by atoms with Gasteiger partial charge in [-0.15, -0.1) is 0 Å². The summed E-state index contributed by atoms with van der Waals surface area (Å²) >= 11 is 3.22. The van der Waals surface area contributed by atoms with Gasteiger partial charge in [0.1, 0.15) is 29.9 Å². The minimum atomic E-state index is -0.329. The Hall–Kier alpha value is -1.93. The van der Waals surface area contributed by atoms with Gasteiger partial charge in [0.15, 0.2) is 0 Å². The zero-order valence-electron chi connectivity index (χ0n) is 9.23. The fourth-order valence-electron chi connectivity index (χ4n) is 1.38. The van der Waals surface area contributed by atoms with Crippen LogP contribution in [0.1, 0.15) is 11.3 Å². The maximum absolute atomic E-state index is 12.9. The Balaban J connectivity index is 2.09. The van der Waals surface area contributed by atoms with Crippen molar-refractivity contribution in [3.63, 3.8) is 0 Å². The van der Waals surface area contributed by atoms with Crippen molar-refractivity contribution in [2.45, 2.75) is 6.61 Å². The molecule has 1 aromatic heterocycles. The number of hydrogen-bond acceptors (Lipinski definition) is 3. The zero-order valence-corrected chi connectivity index (χ0v) is 10.8. The molecule has 18 heavy (non-hydrogen) atoms. The highest BCUT2D eigenvalue weighted by molar-refractivity contribution is 9.10. The number of benzene rings is 1. The van der Waals surface area contributed by atoms with Gasteiger partial charge < -0.3 is 4.74 Å². The lowest BCUT2D eigenvalue weighted by Gasteiger charge is -2.08. The third-order valence-electron chi connectivity index (χ3n) is 2.23. The molecule has 0 aliphatic rings. The standard InChI is InChI=1S/C13H8BrFN2O/c14-12-6-10(15)1-2-13(12)18-8-9-3-4-17-11(5-9)7-16/h1-6H,8H2. The highest BCUT2D eigenvalue weighted by Crippen LogP contribution is 2.26. The molecule has 0 unspecified atom stereocenters. The van der Waals surface area contributed by atoms with E-state index in [-0.39, 0.29) is 5.82 Å². The molecule has 0 fully saturated rings. The number of nitriles is 1. The van der Waals surface area contributed by atoms with Gasteiger partial charge in [0, 0.05) is 6.20 Å². The quantitative estimate of drug-likeness (QED) is 0.872. The summed E-state index contributed by atoms with van der Waals surface area (Å²) in [7, 11) is 0. The van der Waals surface area contributed by atoms with E-state index in [0.29, 0.717) is 22.5 Å². The van der Waals surface area contributed by atoms with Gasteiger partial charge in [-0.25, -0.2) is 9.37 Å².